The van der Waals surface area contributed by atoms with E-state index in [-0.39, 0.29) is 31.0 Å². The van der Waals surface area contributed by atoms with Gasteiger partial charge in [0.05, 0.1) is 26.4 Å². The number of benzene rings is 2. The van der Waals surface area contributed by atoms with E-state index < -0.39 is 0 Å². The van der Waals surface area contributed by atoms with Gasteiger partial charge in [-0.25, -0.2) is 0 Å². The fourth-order valence-corrected chi connectivity index (χ4v) is 3.82. The van der Waals surface area contributed by atoms with Crippen LogP contribution < -0.4 is 10.2 Å². The number of rotatable bonds is 9. The van der Waals surface area contributed by atoms with Crippen molar-refractivity contribution in [3.63, 3.8) is 0 Å². The fraction of sp³-hybridized carbons (Fsp3) is 0.458. The minimum Gasteiger partial charge on any atom is -0.395 e. The number of amides is 1. The average Bonchev–Trinajstić information content (AvgIpc) is 2.76. The summed E-state index contributed by atoms with van der Waals surface area (Å²) in [6.07, 6.45) is 0. The maximum atomic E-state index is 12.8. The maximum Gasteiger partial charge on any atom is 0.238 e. The topological polar surface area (TPSA) is 65.0 Å². The third kappa shape index (κ3) is 6.29. The summed E-state index contributed by atoms with van der Waals surface area (Å²) in [5, 5.41) is 12.9. The highest BCUT2D eigenvalue weighted by Gasteiger charge is 2.23. The molecule has 2 aromatic carbocycles. The second-order valence-corrected chi connectivity index (χ2v) is 8.08. The van der Waals surface area contributed by atoms with E-state index in [0.29, 0.717) is 6.54 Å². The molecule has 6 nitrogen and oxygen atoms in total. The van der Waals surface area contributed by atoms with Crippen LogP contribution in [0.3, 0.4) is 0 Å². The van der Waals surface area contributed by atoms with Crippen LogP contribution in [0.5, 0.6) is 0 Å². The quantitative estimate of drug-likeness (QED) is 0.664. The Morgan fingerprint density at radius 3 is 2.37 bits per heavy atom. The number of morpholine rings is 1. The Balaban J connectivity index is 1.63. The van der Waals surface area contributed by atoms with E-state index in [2.05, 4.69) is 29.0 Å². The Hall–Kier alpha value is -2.41. The molecule has 1 atom stereocenters. The normalized spacial score (nSPS) is 15.4. The Bertz CT molecular complexity index is 774. The first-order valence-corrected chi connectivity index (χ1v) is 10.7. The average molecular weight is 412 g/mol. The van der Waals surface area contributed by atoms with Gasteiger partial charge in [0, 0.05) is 37.1 Å². The summed E-state index contributed by atoms with van der Waals surface area (Å²) in [6.45, 7) is 8.27. The molecule has 1 aliphatic rings. The molecule has 0 radical (unpaired) electrons. The van der Waals surface area contributed by atoms with Gasteiger partial charge in [-0.05, 0) is 35.7 Å². The summed E-state index contributed by atoms with van der Waals surface area (Å²) in [7, 11) is 0. The molecule has 2 N–H and O–H groups in total. The van der Waals surface area contributed by atoms with Crippen LogP contribution in [0, 0.1) is 5.92 Å². The highest BCUT2D eigenvalue weighted by atomic mass is 16.5. The molecule has 1 saturated heterocycles. The number of aliphatic hydroxyl groups is 1. The summed E-state index contributed by atoms with van der Waals surface area (Å²) in [6, 6.07) is 17.9. The summed E-state index contributed by atoms with van der Waals surface area (Å²) in [5.74, 6) is 0.156. The van der Waals surface area contributed by atoms with Gasteiger partial charge < -0.3 is 20.1 Å². The molecule has 1 unspecified atom stereocenters. The standard InChI is InChI=1S/C24H33N3O3/c1-19(2)23(18-28)27(16-20-6-4-3-5-7-20)17-24(29)25-21-8-10-22(11-9-21)26-12-14-30-15-13-26/h3-11,19,23,28H,12-18H2,1-2H3,(H,25,29). The molecule has 0 aromatic heterocycles. The van der Waals surface area contributed by atoms with Crippen LogP contribution in [0.2, 0.25) is 0 Å². The minimum absolute atomic E-state index is 0.0199. The van der Waals surface area contributed by atoms with Crippen LogP contribution in [0.15, 0.2) is 54.6 Å². The van der Waals surface area contributed by atoms with Gasteiger partial charge in [-0.1, -0.05) is 44.2 Å². The molecule has 2 aromatic rings. The molecule has 0 saturated carbocycles. The van der Waals surface area contributed by atoms with Gasteiger partial charge in [-0.2, -0.15) is 0 Å². The SMILES string of the molecule is CC(C)C(CO)N(CC(=O)Nc1ccc(N2CCOCC2)cc1)Cc1ccccc1. The zero-order valence-corrected chi connectivity index (χ0v) is 18.0. The molecular weight excluding hydrogens is 378 g/mol. The fourth-order valence-electron chi connectivity index (χ4n) is 3.82. The Labute approximate surface area is 179 Å². The zero-order chi connectivity index (χ0) is 21.3. The summed E-state index contributed by atoms with van der Waals surface area (Å²) in [4.78, 5) is 17.1. The number of carbonyl (C=O) groups excluding carboxylic acids is 1. The van der Waals surface area contributed by atoms with E-state index in [0.717, 1.165) is 43.2 Å². The summed E-state index contributed by atoms with van der Waals surface area (Å²) >= 11 is 0. The van der Waals surface area contributed by atoms with Crippen LogP contribution in [-0.2, 0) is 16.1 Å². The number of carbonyl (C=O) groups is 1. The lowest BCUT2D eigenvalue weighted by Gasteiger charge is -2.32. The molecular formula is C24H33N3O3. The lowest BCUT2D eigenvalue weighted by molar-refractivity contribution is -0.118. The monoisotopic (exact) mass is 411 g/mol. The molecule has 1 heterocycles. The first kappa shape index (κ1) is 22.3. The van der Waals surface area contributed by atoms with E-state index in [4.69, 9.17) is 4.74 Å². The van der Waals surface area contributed by atoms with Crippen molar-refractivity contribution in [1.82, 2.24) is 4.90 Å². The third-order valence-corrected chi connectivity index (χ3v) is 5.53. The van der Waals surface area contributed by atoms with Gasteiger partial charge in [-0.15, -0.1) is 0 Å². The number of aliphatic hydroxyl groups excluding tert-OH is 1. The smallest absolute Gasteiger partial charge is 0.238 e. The Morgan fingerprint density at radius 1 is 1.10 bits per heavy atom. The number of nitrogens with zero attached hydrogens (tertiary/aromatic N) is 2. The largest absolute Gasteiger partial charge is 0.395 e. The number of anilines is 2. The number of ether oxygens (including phenoxy) is 1. The first-order valence-electron chi connectivity index (χ1n) is 10.7. The first-order chi connectivity index (χ1) is 14.6. The van der Waals surface area contributed by atoms with Crippen LogP contribution in [0.25, 0.3) is 0 Å². The molecule has 1 aliphatic heterocycles. The summed E-state index contributed by atoms with van der Waals surface area (Å²) in [5.41, 5.74) is 3.04. The van der Waals surface area contributed by atoms with Gasteiger partial charge in [-0.3, -0.25) is 9.69 Å². The van der Waals surface area contributed by atoms with E-state index in [1.807, 2.05) is 54.6 Å². The minimum atomic E-state index is -0.0837. The molecule has 0 spiro atoms. The van der Waals surface area contributed by atoms with E-state index >= 15 is 0 Å². The van der Waals surface area contributed by atoms with Crippen molar-refractivity contribution in [3.8, 4) is 0 Å². The van der Waals surface area contributed by atoms with Crippen LogP contribution >= 0.6 is 0 Å². The maximum absolute atomic E-state index is 12.8. The zero-order valence-electron chi connectivity index (χ0n) is 18.0. The van der Waals surface area contributed by atoms with Crippen molar-refractivity contribution in [2.75, 3.05) is 49.7 Å². The van der Waals surface area contributed by atoms with E-state index in [1.54, 1.807) is 0 Å². The molecule has 0 aliphatic carbocycles. The van der Waals surface area contributed by atoms with Gasteiger partial charge in [0.2, 0.25) is 5.91 Å². The second-order valence-electron chi connectivity index (χ2n) is 8.08. The van der Waals surface area contributed by atoms with Crippen molar-refractivity contribution < 1.29 is 14.6 Å². The van der Waals surface area contributed by atoms with E-state index in [1.165, 1.54) is 0 Å². The Morgan fingerprint density at radius 2 is 1.77 bits per heavy atom. The van der Waals surface area contributed by atoms with E-state index in [9.17, 15) is 9.90 Å². The molecule has 3 rings (SSSR count). The van der Waals surface area contributed by atoms with Gasteiger partial charge in [0.15, 0.2) is 0 Å². The predicted molar refractivity (Wildman–Crippen MR) is 121 cm³/mol. The van der Waals surface area contributed by atoms with Crippen molar-refractivity contribution in [2.45, 2.75) is 26.4 Å². The van der Waals surface area contributed by atoms with Crippen molar-refractivity contribution in [1.29, 1.82) is 0 Å². The number of hydrogen-bond acceptors (Lipinski definition) is 5. The second kappa shape index (κ2) is 11.1. The molecule has 30 heavy (non-hydrogen) atoms. The van der Waals surface area contributed by atoms with Crippen molar-refractivity contribution in [2.24, 2.45) is 5.92 Å². The van der Waals surface area contributed by atoms with Crippen molar-refractivity contribution >= 4 is 17.3 Å². The lowest BCUT2D eigenvalue weighted by Crippen LogP contribution is -2.45. The van der Waals surface area contributed by atoms with Crippen LogP contribution in [0.1, 0.15) is 19.4 Å². The number of hydrogen-bond donors (Lipinski definition) is 2. The van der Waals surface area contributed by atoms with Gasteiger partial charge in [0.1, 0.15) is 0 Å². The van der Waals surface area contributed by atoms with Crippen LogP contribution in [0.4, 0.5) is 11.4 Å². The molecule has 1 fully saturated rings. The molecule has 0 bridgehead atoms. The lowest BCUT2D eigenvalue weighted by atomic mass is 10.0. The highest BCUT2D eigenvalue weighted by Crippen LogP contribution is 2.20. The van der Waals surface area contributed by atoms with Crippen molar-refractivity contribution in [3.05, 3.63) is 60.2 Å². The summed E-state index contributed by atoms with van der Waals surface area (Å²) < 4.78 is 5.40. The highest BCUT2D eigenvalue weighted by molar-refractivity contribution is 5.92. The van der Waals surface area contributed by atoms with Gasteiger partial charge in [0.25, 0.3) is 0 Å². The molecule has 1 amide bonds. The third-order valence-electron chi connectivity index (χ3n) is 5.53. The van der Waals surface area contributed by atoms with Crippen LogP contribution in [-0.4, -0.2) is 61.4 Å². The number of nitrogens with one attached hydrogen (secondary N) is 1. The molecule has 6 heteroatoms. The predicted octanol–water partition coefficient (Wildman–Crippen LogP) is 2.98. The Kier molecular flexibility index (Phi) is 8.25. The molecule has 162 valence electrons. The van der Waals surface area contributed by atoms with Gasteiger partial charge >= 0.3 is 0 Å².